The van der Waals surface area contributed by atoms with Gasteiger partial charge in [0.15, 0.2) is 0 Å². The molecule has 0 spiro atoms. The van der Waals surface area contributed by atoms with Crippen LogP contribution in [0.4, 0.5) is 11.4 Å². The van der Waals surface area contributed by atoms with Gasteiger partial charge < -0.3 is 5.32 Å². The molecule has 27 heavy (non-hydrogen) atoms. The standard InChI is InChI=1S/C17H16ClN3O5S/c1-27(25,26)20-7-6-11-2-4-14(8-12(11)10-20)19-17(22)15-9-13(18)3-5-16(15)21(23)24/h2-5,8-9H,6-7,10H2,1H3,(H,19,22). The first-order chi connectivity index (χ1) is 12.6. The van der Waals surface area contributed by atoms with Crippen LogP contribution in [0.1, 0.15) is 21.5 Å². The first kappa shape index (κ1) is 19.3. The summed E-state index contributed by atoms with van der Waals surface area (Å²) in [6, 6.07) is 8.93. The molecule has 142 valence electrons. The lowest BCUT2D eigenvalue weighted by molar-refractivity contribution is -0.385. The van der Waals surface area contributed by atoms with Gasteiger partial charge in [-0.05, 0) is 41.8 Å². The quantitative estimate of drug-likeness (QED) is 0.616. The van der Waals surface area contributed by atoms with E-state index in [1.165, 1.54) is 22.5 Å². The highest BCUT2D eigenvalue weighted by Crippen LogP contribution is 2.26. The maximum atomic E-state index is 12.5. The Labute approximate surface area is 160 Å². The molecule has 2 aromatic carbocycles. The molecule has 0 unspecified atom stereocenters. The summed E-state index contributed by atoms with van der Waals surface area (Å²) in [6.45, 7) is 0.626. The topological polar surface area (TPSA) is 110 Å². The lowest BCUT2D eigenvalue weighted by Crippen LogP contribution is -2.35. The van der Waals surface area contributed by atoms with Crippen LogP contribution in [0.5, 0.6) is 0 Å². The van der Waals surface area contributed by atoms with Crippen molar-refractivity contribution in [2.45, 2.75) is 13.0 Å². The molecule has 0 saturated carbocycles. The molecule has 0 atom stereocenters. The van der Waals surface area contributed by atoms with Crippen LogP contribution in [-0.4, -0.2) is 36.4 Å². The van der Waals surface area contributed by atoms with E-state index in [1.807, 2.05) is 6.07 Å². The van der Waals surface area contributed by atoms with E-state index >= 15 is 0 Å². The van der Waals surface area contributed by atoms with Crippen molar-refractivity contribution in [3.63, 3.8) is 0 Å². The smallest absolute Gasteiger partial charge is 0.282 e. The zero-order valence-corrected chi connectivity index (χ0v) is 15.9. The summed E-state index contributed by atoms with van der Waals surface area (Å²) in [7, 11) is -3.31. The molecule has 1 heterocycles. The molecule has 0 aliphatic carbocycles. The Hall–Kier alpha value is -2.49. The van der Waals surface area contributed by atoms with Crippen LogP contribution in [0.25, 0.3) is 0 Å². The fourth-order valence-electron chi connectivity index (χ4n) is 2.94. The highest BCUT2D eigenvalue weighted by molar-refractivity contribution is 7.88. The van der Waals surface area contributed by atoms with Gasteiger partial charge in [-0.1, -0.05) is 17.7 Å². The van der Waals surface area contributed by atoms with Crippen molar-refractivity contribution in [3.05, 3.63) is 68.2 Å². The number of rotatable bonds is 4. The number of nitro groups is 1. The number of nitrogens with zero attached hydrogens (tertiary/aromatic N) is 2. The third-order valence-corrected chi connectivity index (χ3v) is 5.80. The molecule has 1 amide bonds. The van der Waals surface area contributed by atoms with Gasteiger partial charge in [0.1, 0.15) is 5.56 Å². The minimum Gasteiger partial charge on any atom is -0.322 e. The van der Waals surface area contributed by atoms with E-state index in [0.29, 0.717) is 18.7 Å². The molecule has 10 heteroatoms. The summed E-state index contributed by atoms with van der Waals surface area (Å²) in [6.07, 6.45) is 1.73. The van der Waals surface area contributed by atoms with Gasteiger partial charge >= 0.3 is 0 Å². The predicted octanol–water partition coefficient (Wildman–Crippen LogP) is 2.82. The maximum absolute atomic E-state index is 12.5. The summed E-state index contributed by atoms with van der Waals surface area (Å²) < 4.78 is 24.9. The summed E-state index contributed by atoms with van der Waals surface area (Å²) in [5.74, 6) is -0.667. The second kappa shape index (κ2) is 7.26. The molecule has 0 radical (unpaired) electrons. The van der Waals surface area contributed by atoms with Gasteiger partial charge in [0, 0.05) is 29.9 Å². The van der Waals surface area contributed by atoms with Crippen LogP contribution >= 0.6 is 11.6 Å². The molecule has 0 aromatic heterocycles. The highest BCUT2D eigenvalue weighted by atomic mass is 35.5. The second-order valence-electron chi connectivity index (χ2n) is 6.20. The minimum absolute atomic E-state index is 0.150. The number of hydrogen-bond donors (Lipinski definition) is 1. The van der Waals surface area contributed by atoms with E-state index < -0.39 is 20.9 Å². The van der Waals surface area contributed by atoms with Crippen LogP contribution in [0.3, 0.4) is 0 Å². The zero-order valence-electron chi connectivity index (χ0n) is 14.3. The average Bonchev–Trinajstić information content (AvgIpc) is 2.60. The molecule has 1 aliphatic heterocycles. The summed E-state index contributed by atoms with van der Waals surface area (Å²) in [4.78, 5) is 23.0. The Morgan fingerprint density at radius 1 is 1.22 bits per heavy atom. The Kier molecular flexibility index (Phi) is 5.18. The van der Waals surface area contributed by atoms with E-state index in [9.17, 15) is 23.3 Å². The fourth-order valence-corrected chi connectivity index (χ4v) is 3.91. The van der Waals surface area contributed by atoms with Crippen molar-refractivity contribution < 1.29 is 18.1 Å². The largest absolute Gasteiger partial charge is 0.322 e. The fraction of sp³-hybridized carbons (Fsp3) is 0.235. The zero-order chi connectivity index (χ0) is 19.8. The van der Waals surface area contributed by atoms with E-state index in [4.69, 9.17) is 11.6 Å². The molecule has 8 nitrogen and oxygen atoms in total. The van der Waals surface area contributed by atoms with Crippen LogP contribution in [0, 0.1) is 10.1 Å². The van der Waals surface area contributed by atoms with Crippen LogP contribution in [-0.2, 0) is 23.0 Å². The third kappa shape index (κ3) is 4.26. The number of carbonyl (C=O) groups excluding carboxylic acids is 1. The Morgan fingerprint density at radius 2 is 1.96 bits per heavy atom. The van der Waals surface area contributed by atoms with Crippen molar-refractivity contribution in [1.29, 1.82) is 0 Å². The molecular weight excluding hydrogens is 394 g/mol. The maximum Gasteiger partial charge on any atom is 0.282 e. The van der Waals surface area contributed by atoms with Crippen molar-refractivity contribution in [2.75, 3.05) is 18.1 Å². The van der Waals surface area contributed by atoms with Gasteiger partial charge in [-0.15, -0.1) is 0 Å². The third-order valence-electron chi connectivity index (χ3n) is 4.31. The molecule has 2 aromatic rings. The number of nitro benzene ring substituents is 1. The SMILES string of the molecule is CS(=O)(=O)N1CCc2ccc(NC(=O)c3cc(Cl)ccc3[N+](=O)[O-])cc2C1. The minimum atomic E-state index is -3.31. The van der Waals surface area contributed by atoms with Crippen LogP contribution < -0.4 is 5.32 Å². The van der Waals surface area contributed by atoms with Gasteiger partial charge in [0.25, 0.3) is 11.6 Å². The highest BCUT2D eigenvalue weighted by Gasteiger charge is 2.24. The first-order valence-electron chi connectivity index (χ1n) is 7.97. The van der Waals surface area contributed by atoms with Crippen molar-refractivity contribution in [3.8, 4) is 0 Å². The van der Waals surface area contributed by atoms with Gasteiger partial charge in [0.05, 0.1) is 11.2 Å². The lowest BCUT2D eigenvalue weighted by Gasteiger charge is -2.27. The molecule has 0 bridgehead atoms. The van der Waals surface area contributed by atoms with Gasteiger partial charge in [-0.2, -0.15) is 4.31 Å². The van der Waals surface area contributed by atoms with Gasteiger partial charge in [-0.25, -0.2) is 8.42 Å². The number of halogens is 1. The Morgan fingerprint density at radius 3 is 2.63 bits per heavy atom. The summed E-state index contributed by atoms with van der Waals surface area (Å²) in [5, 5.41) is 14.0. The molecule has 1 aliphatic rings. The van der Waals surface area contributed by atoms with E-state index in [-0.39, 0.29) is 22.8 Å². The van der Waals surface area contributed by atoms with E-state index in [1.54, 1.807) is 12.1 Å². The number of fused-ring (bicyclic) bond motifs is 1. The monoisotopic (exact) mass is 409 g/mol. The molecule has 1 N–H and O–H groups in total. The predicted molar refractivity (Wildman–Crippen MR) is 101 cm³/mol. The average molecular weight is 410 g/mol. The van der Waals surface area contributed by atoms with Gasteiger partial charge in [0.2, 0.25) is 10.0 Å². The van der Waals surface area contributed by atoms with Crippen molar-refractivity contribution in [2.24, 2.45) is 0 Å². The molecule has 0 saturated heterocycles. The number of nitrogens with one attached hydrogen (secondary N) is 1. The number of amides is 1. The van der Waals surface area contributed by atoms with Crippen LogP contribution in [0.15, 0.2) is 36.4 Å². The van der Waals surface area contributed by atoms with E-state index in [0.717, 1.165) is 17.4 Å². The normalized spacial score (nSPS) is 14.4. The number of sulfonamides is 1. The van der Waals surface area contributed by atoms with E-state index in [2.05, 4.69) is 5.32 Å². The Bertz CT molecular complexity index is 1040. The second-order valence-corrected chi connectivity index (χ2v) is 8.62. The van der Waals surface area contributed by atoms with Gasteiger partial charge in [-0.3, -0.25) is 14.9 Å². The van der Waals surface area contributed by atoms with Crippen molar-refractivity contribution in [1.82, 2.24) is 4.31 Å². The number of hydrogen-bond acceptors (Lipinski definition) is 5. The lowest BCUT2D eigenvalue weighted by atomic mass is 10.0. The number of carbonyl (C=O) groups is 1. The summed E-state index contributed by atoms with van der Waals surface area (Å²) in [5.41, 5.74) is 1.70. The molecular formula is C17H16ClN3O5S. The van der Waals surface area contributed by atoms with Crippen LogP contribution in [0.2, 0.25) is 5.02 Å². The summed E-state index contributed by atoms with van der Waals surface area (Å²) >= 11 is 5.86. The molecule has 3 rings (SSSR count). The first-order valence-corrected chi connectivity index (χ1v) is 10.2. The number of anilines is 1. The molecule has 0 fully saturated rings. The van der Waals surface area contributed by atoms with Crippen molar-refractivity contribution >= 4 is 38.9 Å². The Balaban J connectivity index is 1.87. The number of benzene rings is 2.